The third-order valence-corrected chi connectivity index (χ3v) is 5.25. The Morgan fingerprint density at radius 2 is 2.07 bits per heavy atom. The molecule has 0 heterocycles. The van der Waals surface area contributed by atoms with Crippen molar-refractivity contribution in [3.63, 3.8) is 0 Å². The van der Waals surface area contributed by atoms with E-state index in [4.69, 9.17) is 9.84 Å². The van der Waals surface area contributed by atoms with E-state index >= 15 is 0 Å². The van der Waals surface area contributed by atoms with Gasteiger partial charge in [-0.3, -0.25) is 4.79 Å². The van der Waals surface area contributed by atoms with E-state index in [9.17, 15) is 23.1 Å². The lowest BCUT2D eigenvalue weighted by Crippen LogP contribution is -2.16. The van der Waals surface area contributed by atoms with Crippen LogP contribution in [0.25, 0.3) is 0 Å². The number of aliphatic hydroxyl groups is 1. The summed E-state index contributed by atoms with van der Waals surface area (Å²) < 4.78 is 43.5. The monoisotopic (exact) mass is 426 g/mol. The van der Waals surface area contributed by atoms with Crippen LogP contribution in [0.15, 0.2) is 48.6 Å². The first kappa shape index (κ1) is 24.0. The number of allylic oxidation sites excluding steroid dienone is 3. The van der Waals surface area contributed by atoms with Gasteiger partial charge in [0.05, 0.1) is 5.56 Å². The zero-order valence-electron chi connectivity index (χ0n) is 16.9. The number of rotatable bonds is 11. The highest BCUT2D eigenvalue weighted by Gasteiger charge is 2.30. The van der Waals surface area contributed by atoms with Gasteiger partial charge in [-0.15, -0.1) is 0 Å². The van der Waals surface area contributed by atoms with Gasteiger partial charge in [-0.2, -0.15) is 13.2 Å². The lowest BCUT2D eigenvalue weighted by Gasteiger charge is -2.15. The van der Waals surface area contributed by atoms with Crippen LogP contribution < -0.4 is 4.74 Å². The van der Waals surface area contributed by atoms with Crippen molar-refractivity contribution in [1.82, 2.24) is 0 Å². The van der Waals surface area contributed by atoms with Crippen LogP contribution in [-0.4, -0.2) is 28.9 Å². The first-order chi connectivity index (χ1) is 14.3. The number of unbranched alkanes of at least 4 members (excludes halogenated alkanes) is 1. The number of aliphatic carboxylic acids is 1. The van der Waals surface area contributed by atoms with E-state index in [2.05, 4.69) is 6.08 Å². The number of carboxylic acids is 1. The van der Waals surface area contributed by atoms with Gasteiger partial charge in [-0.1, -0.05) is 36.8 Å². The maximum atomic E-state index is 12.7. The fraction of sp³-hybridized carbons (Fsp3) is 0.522. The molecule has 0 aromatic heterocycles. The predicted octanol–water partition coefficient (Wildman–Crippen LogP) is 5.62. The second-order valence-electron chi connectivity index (χ2n) is 7.64. The maximum Gasteiger partial charge on any atom is 0.416 e. The molecule has 1 aliphatic carbocycles. The Kier molecular flexibility index (Phi) is 9.43. The molecular formula is C23H29F3O4. The third-order valence-electron chi connectivity index (χ3n) is 5.25. The molecule has 0 bridgehead atoms. The molecule has 1 aromatic carbocycles. The first-order valence-corrected chi connectivity index (χ1v) is 10.3. The molecule has 7 heteroatoms. The minimum atomic E-state index is -4.43. The standard InChI is InChI=1S/C23H29F3O4/c24-23(25,26)19-10-6-11-21(15-19)30-16-20(27)14-13-18-9-5-8-17(18)7-3-1-2-4-12-22(28)29/h1,3,6,10-11,13-15,17-18,20,27H,2,4-5,7-9,12,16H2,(H,28,29)/b3-1-,14-13+/t17-,18+,20+/m0/s1. The van der Waals surface area contributed by atoms with E-state index in [0.717, 1.165) is 44.2 Å². The Hall–Kier alpha value is -2.28. The van der Waals surface area contributed by atoms with Crippen LogP contribution in [0.5, 0.6) is 5.75 Å². The minimum Gasteiger partial charge on any atom is -0.491 e. The van der Waals surface area contributed by atoms with Crippen LogP contribution in [0.2, 0.25) is 0 Å². The summed E-state index contributed by atoms with van der Waals surface area (Å²) >= 11 is 0. The molecule has 2 N–H and O–H groups in total. The lowest BCUT2D eigenvalue weighted by atomic mass is 9.92. The second-order valence-corrected chi connectivity index (χ2v) is 7.64. The van der Waals surface area contributed by atoms with Crippen molar-refractivity contribution < 1.29 is 32.9 Å². The zero-order valence-corrected chi connectivity index (χ0v) is 16.9. The van der Waals surface area contributed by atoms with E-state index in [1.54, 1.807) is 6.08 Å². The molecule has 1 aromatic rings. The Bertz CT molecular complexity index is 727. The molecule has 4 nitrogen and oxygen atoms in total. The number of aliphatic hydroxyl groups excluding tert-OH is 1. The summed E-state index contributed by atoms with van der Waals surface area (Å²) in [5, 5.41) is 18.7. The quantitative estimate of drug-likeness (QED) is 0.356. The molecule has 3 atom stereocenters. The average Bonchev–Trinajstić information content (AvgIpc) is 3.14. The lowest BCUT2D eigenvalue weighted by molar-refractivity contribution is -0.138. The van der Waals surface area contributed by atoms with E-state index in [0.29, 0.717) is 18.3 Å². The fourth-order valence-corrected chi connectivity index (χ4v) is 3.64. The van der Waals surface area contributed by atoms with Gasteiger partial charge in [0.1, 0.15) is 18.5 Å². The molecule has 0 unspecified atom stereocenters. The van der Waals surface area contributed by atoms with Gasteiger partial charge in [-0.25, -0.2) is 0 Å². The highest BCUT2D eigenvalue weighted by atomic mass is 19.4. The van der Waals surface area contributed by atoms with E-state index < -0.39 is 23.8 Å². The highest BCUT2D eigenvalue weighted by Crippen LogP contribution is 2.35. The molecule has 0 spiro atoms. The summed E-state index contributed by atoms with van der Waals surface area (Å²) in [7, 11) is 0. The van der Waals surface area contributed by atoms with Crippen LogP contribution in [0.1, 0.15) is 50.5 Å². The molecule has 0 saturated heterocycles. The van der Waals surface area contributed by atoms with Crippen LogP contribution in [0, 0.1) is 11.8 Å². The summed E-state index contributed by atoms with van der Waals surface area (Å²) in [6.07, 6.45) is 8.19. The number of hydrogen-bond donors (Lipinski definition) is 2. The molecule has 166 valence electrons. The van der Waals surface area contributed by atoms with Crippen molar-refractivity contribution >= 4 is 5.97 Å². The first-order valence-electron chi connectivity index (χ1n) is 10.3. The number of alkyl halides is 3. The summed E-state index contributed by atoms with van der Waals surface area (Å²) in [6.45, 7) is -0.112. The Morgan fingerprint density at radius 3 is 2.80 bits per heavy atom. The zero-order chi connectivity index (χ0) is 22.0. The molecule has 0 aliphatic heterocycles. The smallest absolute Gasteiger partial charge is 0.416 e. The van der Waals surface area contributed by atoms with E-state index in [-0.39, 0.29) is 18.8 Å². The normalized spacial score (nSPS) is 20.8. The van der Waals surface area contributed by atoms with Crippen molar-refractivity contribution in [1.29, 1.82) is 0 Å². The van der Waals surface area contributed by atoms with Gasteiger partial charge in [-0.05, 0) is 62.1 Å². The fourth-order valence-electron chi connectivity index (χ4n) is 3.64. The molecule has 0 amide bonds. The van der Waals surface area contributed by atoms with Crippen molar-refractivity contribution in [3.8, 4) is 5.75 Å². The number of benzene rings is 1. The number of ether oxygens (including phenoxy) is 1. The van der Waals surface area contributed by atoms with Crippen LogP contribution in [0.3, 0.4) is 0 Å². The van der Waals surface area contributed by atoms with Crippen LogP contribution >= 0.6 is 0 Å². The summed E-state index contributed by atoms with van der Waals surface area (Å²) in [5.41, 5.74) is -0.783. The van der Waals surface area contributed by atoms with Gasteiger partial charge in [0.15, 0.2) is 0 Å². The van der Waals surface area contributed by atoms with Crippen molar-refractivity contribution in [3.05, 3.63) is 54.1 Å². The van der Waals surface area contributed by atoms with Gasteiger partial charge in [0, 0.05) is 6.42 Å². The molecule has 0 radical (unpaired) electrons. The van der Waals surface area contributed by atoms with Gasteiger partial charge >= 0.3 is 12.1 Å². The molecule has 1 aliphatic rings. The summed E-state index contributed by atoms with van der Waals surface area (Å²) in [5.74, 6) is 0.120. The van der Waals surface area contributed by atoms with Crippen LogP contribution in [0.4, 0.5) is 13.2 Å². The van der Waals surface area contributed by atoms with Crippen molar-refractivity contribution in [2.24, 2.45) is 11.8 Å². The van der Waals surface area contributed by atoms with Gasteiger partial charge < -0.3 is 14.9 Å². The summed E-state index contributed by atoms with van der Waals surface area (Å²) in [6, 6.07) is 4.61. The topological polar surface area (TPSA) is 66.8 Å². The van der Waals surface area contributed by atoms with Crippen molar-refractivity contribution in [2.45, 2.75) is 57.2 Å². The average molecular weight is 426 g/mol. The third kappa shape index (κ3) is 8.61. The minimum absolute atomic E-state index is 0.0732. The SMILES string of the molecule is O=C(O)CCC/C=C\C[C@H]1CCC[C@@H]1/C=C/[C@@H](O)COc1cccc(C(F)(F)F)c1. The predicted molar refractivity (Wildman–Crippen MR) is 108 cm³/mol. The number of carbonyl (C=O) groups is 1. The Morgan fingerprint density at radius 1 is 1.27 bits per heavy atom. The van der Waals surface area contributed by atoms with Gasteiger partial charge in [0.25, 0.3) is 0 Å². The van der Waals surface area contributed by atoms with Crippen LogP contribution in [-0.2, 0) is 11.0 Å². The van der Waals surface area contributed by atoms with Crippen molar-refractivity contribution in [2.75, 3.05) is 6.61 Å². The maximum absolute atomic E-state index is 12.7. The molecule has 1 saturated carbocycles. The molecule has 30 heavy (non-hydrogen) atoms. The van der Waals surface area contributed by atoms with Gasteiger partial charge in [0.2, 0.25) is 0 Å². The molecule has 1 fully saturated rings. The van der Waals surface area contributed by atoms with E-state index in [1.807, 2.05) is 12.2 Å². The summed E-state index contributed by atoms with van der Waals surface area (Å²) in [4.78, 5) is 10.5. The molecular weight excluding hydrogens is 397 g/mol. The number of halogens is 3. The van der Waals surface area contributed by atoms with E-state index in [1.165, 1.54) is 12.1 Å². The number of carboxylic acid groups (broad SMARTS) is 1. The second kappa shape index (κ2) is 11.8. The Balaban J connectivity index is 1.76. The largest absolute Gasteiger partial charge is 0.491 e. The highest BCUT2D eigenvalue weighted by molar-refractivity contribution is 5.66. The molecule has 2 rings (SSSR count). The number of hydrogen-bond acceptors (Lipinski definition) is 3. The Labute approximate surface area is 175 Å².